The van der Waals surface area contributed by atoms with Gasteiger partial charge in [0.1, 0.15) is 11.7 Å². The number of hydrogen-bond donors (Lipinski definition) is 0. The molecule has 0 saturated heterocycles. The highest BCUT2D eigenvalue weighted by atomic mass is 16.5. The summed E-state index contributed by atoms with van der Waals surface area (Å²) in [7, 11) is 3.45. The molecule has 15 heavy (non-hydrogen) atoms. The van der Waals surface area contributed by atoms with Crippen LogP contribution in [0.15, 0.2) is 36.4 Å². The second-order valence-electron chi connectivity index (χ2n) is 3.91. The van der Waals surface area contributed by atoms with Crippen LogP contribution in [0.25, 0.3) is 0 Å². The molecule has 0 heterocycles. The lowest BCUT2D eigenvalue weighted by molar-refractivity contribution is 0.0352. The van der Waals surface area contributed by atoms with Gasteiger partial charge in [-0.2, -0.15) is 0 Å². The molecule has 1 aliphatic rings. The molecule has 1 aliphatic carbocycles. The first-order chi connectivity index (χ1) is 7.21. The highest BCUT2D eigenvalue weighted by molar-refractivity contribution is 5.42. The number of ether oxygens (including phenoxy) is 2. The Morgan fingerprint density at radius 2 is 1.93 bits per heavy atom. The standard InChI is InChI=1S/C13H16O2/c1-13(15-3)9-8-12(14-2)10-6-4-5-7-11(10)13/h4-9,12H,1-3H3/t12-,13+/m1/s1. The van der Waals surface area contributed by atoms with Crippen molar-refractivity contribution in [3.8, 4) is 0 Å². The van der Waals surface area contributed by atoms with Gasteiger partial charge in [-0.15, -0.1) is 0 Å². The van der Waals surface area contributed by atoms with Gasteiger partial charge in [0, 0.05) is 14.2 Å². The molecule has 1 aromatic carbocycles. The van der Waals surface area contributed by atoms with Crippen molar-refractivity contribution in [2.45, 2.75) is 18.6 Å². The van der Waals surface area contributed by atoms with Crippen LogP contribution in [-0.2, 0) is 15.1 Å². The maximum absolute atomic E-state index is 5.56. The van der Waals surface area contributed by atoms with Gasteiger partial charge in [0.05, 0.1) is 0 Å². The van der Waals surface area contributed by atoms with E-state index in [0.717, 1.165) is 0 Å². The van der Waals surface area contributed by atoms with Gasteiger partial charge in [0.15, 0.2) is 0 Å². The molecule has 0 radical (unpaired) electrons. The summed E-state index contributed by atoms with van der Waals surface area (Å²) in [4.78, 5) is 0. The topological polar surface area (TPSA) is 18.5 Å². The summed E-state index contributed by atoms with van der Waals surface area (Å²) >= 11 is 0. The second kappa shape index (κ2) is 3.80. The Balaban J connectivity index is 2.54. The van der Waals surface area contributed by atoms with Crippen LogP contribution >= 0.6 is 0 Å². The predicted octanol–water partition coefficient (Wildman–Crippen LogP) is 2.81. The molecule has 2 rings (SSSR count). The first kappa shape index (κ1) is 10.4. The van der Waals surface area contributed by atoms with E-state index >= 15 is 0 Å². The summed E-state index contributed by atoms with van der Waals surface area (Å²) in [5.74, 6) is 0. The van der Waals surface area contributed by atoms with E-state index in [1.807, 2.05) is 18.2 Å². The summed E-state index contributed by atoms with van der Waals surface area (Å²) < 4.78 is 11.0. The SMILES string of the molecule is CO[C@@H]1C=C[C@](C)(OC)c2ccccc21. The molecule has 0 fully saturated rings. The molecule has 0 saturated carbocycles. The van der Waals surface area contributed by atoms with Gasteiger partial charge in [-0.05, 0) is 24.1 Å². The van der Waals surface area contributed by atoms with Crippen LogP contribution in [-0.4, -0.2) is 14.2 Å². The van der Waals surface area contributed by atoms with Crippen LogP contribution in [0.5, 0.6) is 0 Å². The number of benzene rings is 1. The first-order valence-electron chi connectivity index (χ1n) is 5.08. The van der Waals surface area contributed by atoms with Crippen molar-refractivity contribution in [3.05, 3.63) is 47.5 Å². The van der Waals surface area contributed by atoms with Crippen molar-refractivity contribution in [2.24, 2.45) is 0 Å². The molecular formula is C13H16O2. The van der Waals surface area contributed by atoms with Gasteiger partial charge in [-0.25, -0.2) is 0 Å². The lowest BCUT2D eigenvalue weighted by atomic mass is 9.84. The summed E-state index contributed by atoms with van der Waals surface area (Å²) in [6.45, 7) is 2.06. The first-order valence-corrected chi connectivity index (χ1v) is 5.08. The Morgan fingerprint density at radius 1 is 1.20 bits per heavy atom. The number of hydrogen-bond acceptors (Lipinski definition) is 2. The average molecular weight is 204 g/mol. The number of fused-ring (bicyclic) bond motifs is 1. The highest BCUT2D eigenvalue weighted by Gasteiger charge is 2.31. The van der Waals surface area contributed by atoms with Crippen molar-refractivity contribution >= 4 is 0 Å². The third-order valence-corrected chi connectivity index (χ3v) is 3.07. The fourth-order valence-electron chi connectivity index (χ4n) is 2.05. The molecule has 0 amide bonds. The molecule has 2 nitrogen and oxygen atoms in total. The number of rotatable bonds is 2. The summed E-state index contributed by atoms with van der Waals surface area (Å²) in [5.41, 5.74) is 2.04. The highest BCUT2D eigenvalue weighted by Crippen LogP contribution is 2.38. The third kappa shape index (κ3) is 1.60. The van der Waals surface area contributed by atoms with Crippen molar-refractivity contribution < 1.29 is 9.47 Å². The molecule has 2 heteroatoms. The van der Waals surface area contributed by atoms with E-state index in [4.69, 9.17) is 9.47 Å². The molecule has 0 unspecified atom stereocenters. The minimum atomic E-state index is -0.328. The van der Waals surface area contributed by atoms with E-state index in [9.17, 15) is 0 Å². The maximum Gasteiger partial charge on any atom is 0.108 e. The fourth-order valence-corrected chi connectivity index (χ4v) is 2.05. The van der Waals surface area contributed by atoms with E-state index in [2.05, 4.69) is 25.1 Å². The van der Waals surface area contributed by atoms with E-state index in [1.54, 1.807) is 14.2 Å². The van der Waals surface area contributed by atoms with Gasteiger partial charge < -0.3 is 9.47 Å². The summed E-state index contributed by atoms with van der Waals surface area (Å²) in [5, 5.41) is 0. The van der Waals surface area contributed by atoms with E-state index < -0.39 is 0 Å². The Kier molecular flexibility index (Phi) is 2.63. The molecular weight excluding hydrogens is 188 g/mol. The molecule has 0 spiro atoms. The predicted molar refractivity (Wildman–Crippen MR) is 59.7 cm³/mol. The fraction of sp³-hybridized carbons (Fsp3) is 0.385. The molecule has 0 N–H and O–H groups in total. The van der Waals surface area contributed by atoms with Crippen molar-refractivity contribution in [1.29, 1.82) is 0 Å². The van der Waals surface area contributed by atoms with Crippen LogP contribution in [0.1, 0.15) is 24.2 Å². The smallest absolute Gasteiger partial charge is 0.108 e. The van der Waals surface area contributed by atoms with Crippen molar-refractivity contribution in [2.75, 3.05) is 14.2 Å². The lowest BCUT2D eigenvalue weighted by Gasteiger charge is -2.33. The molecule has 0 aromatic heterocycles. The molecule has 80 valence electrons. The Hall–Kier alpha value is -1.12. The van der Waals surface area contributed by atoms with E-state index in [1.165, 1.54) is 11.1 Å². The van der Waals surface area contributed by atoms with Gasteiger partial charge in [-0.1, -0.05) is 30.3 Å². The average Bonchev–Trinajstić information content (AvgIpc) is 2.30. The molecule has 0 aliphatic heterocycles. The minimum Gasteiger partial charge on any atom is -0.373 e. The minimum absolute atomic E-state index is 0.0458. The largest absolute Gasteiger partial charge is 0.373 e. The Bertz CT molecular complexity index is 384. The van der Waals surface area contributed by atoms with Crippen molar-refractivity contribution in [3.63, 3.8) is 0 Å². The molecule has 2 atom stereocenters. The van der Waals surface area contributed by atoms with E-state index in [-0.39, 0.29) is 11.7 Å². The van der Waals surface area contributed by atoms with Crippen LogP contribution in [0.3, 0.4) is 0 Å². The van der Waals surface area contributed by atoms with Gasteiger partial charge in [0.25, 0.3) is 0 Å². The summed E-state index contributed by atoms with van der Waals surface area (Å²) in [6, 6.07) is 8.24. The molecule has 1 aromatic rings. The summed E-state index contributed by atoms with van der Waals surface area (Å²) in [6.07, 6.45) is 4.15. The Labute approximate surface area is 90.5 Å². The van der Waals surface area contributed by atoms with E-state index in [0.29, 0.717) is 0 Å². The second-order valence-corrected chi connectivity index (χ2v) is 3.91. The van der Waals surface area contributed by atoms with Gasteiger partial charge >= 0.3 is 0 Å². The zero-order valence-electron chi connectivity index (χ0n) is 9.36. The third-order valence-electron chi connectivity index (χ3n) is 3.07. The molecule has 0 bridgehead atoms. The van der Waals surface area contributed by atoms with Crippen LogP contribution in [0, 0.1) is 0 Å². The van der Waals surface area contributed by atoms with Crippen LogP contribution in [0.2, 0.25) is 0 Å². The van der Waals surface area contributed by atoms with Crippen molar-refractivity contribution in [1.82, 2.24) is 0 Å². The normalized spacial score (nSPS) is 28.9. The lowest BCUT2D eigenvalue weighted by Crippen LogP contribution is -2.27. The quantitative estimate of drug-likeness (QED) is 0.690. The van der Waals surface area contributed by atoms with Gasteiger partial charge in [0.2, 0.25) is 0 Å². The van der Waals surface area contributed by atoms with Crippen LogP contribution in [0.4, 0.5) is 0 Å². The Morgan fingerprint density at radius 3 is 2.60 bits per heavy atom. The maximum atomic E-state index is 5.56. The van der Waals surface area contributed by atoms with Gasteiger partial charge in [-0.3, -0.25) is 0 Å². The zero-order chi connectivity index (χ0) is 10.9. The number of methoxy groups -OCH3 is 2. The zero-order valence-corrected chi connectivity index (χ0v) is 9.36. The van der Waals surface area contributed by atoms with Crippen LogP contribution < -0.4 is 0 Å². The monoisotopic (exact) mass is 204 g/mol.